The Morgan fingerprint density at radius 3 is 2.00 bits per heavy atom. The molecule has 1 saturated heterocycles. The Labute approximate surface area is 129 Å². The maximum atomic E-state index is 5.45. The van der Waals surface area contributed by atoms with E-state index in [1.807, 2.05) is 7.05 Å². The molecule has 21 heavy (non-hydrogen) atoms. The lowest BCUT2D eigenvalue weighted by Crippen LogP contribution is -2.35. The minimum atomic E-state index is 0.537. The van der Waals surface area contributed by atoms with Crippen LogP contribution in [0.25, 0.3) is 0 Å². The highest BCUT2D eigenvalue weighted by atomic mass is 16.5. The zero-order valence-corrected chi connectivity index (χ0v) is 14.2. The van der Waals surface area contributed by atoms with E-state index in [1.165, 1.54) is 22.4 Å². The summed E-state index contributed by atoms with van der Waals surface area (Å²) < 4.78 is 5.45. The number of morpholine rings is 1. The SMILES string of the molecule is CNc1c(C(C)C)cc(CN2CCOCC2)cc1C(C)C. The van der Waals surface area contributed by atoms with Crippen molar-refractivity contribution in [2.45, 2.75) is 46.1 Å². The molecule has 118 valence electrons. The number of ether oxygens (including phenoxy) is 1. The summed E-state index contributed by atoms with van der Waals surface area (Å²) in [5, 5.41) is 3.42. The highest BCUT2D eigenvalue weighted by Gasteiger charge is 2.17. The Bertz CT molecular complexity index is 433. The molecule has 1 heterocycles. The van der Waals surface area contributed by atoms with E-state index in [1.54, 1.807) is 0 Å². The van der Waals surface area contributed by atoms with Gasteiger partial charge < -0.3 is 10.1 Å². The fourth-order valence-corrected chi connectivity index (χ4v) is 3.06. The Kier molecular flexibility index (Phi) is 5.65. The summed E-state index contributed by atoms with van der Waals surface area (Å²) in [6.45, 7) is 14.0. The summed E-state index contributed by atoms with van der Waals surface area (Å²) >= 11 is 0. The number of nitrogens with zero attached hydrogens (tertiary/aromatic N) is 1. The molecule has 0 unspecified atom stereocenters. The Morgan fingerprint density at radius 1 is 1.05 bits per heavy atom. The quantitative estimate of drug-likeness (QED) is 0.892. The van der Waals surface area contributed by atoms with Gasteiger partial charge in [-0.2, -0.15) is 0 Å². The second-order valence-corrected chi connectivity index (χ2v) is 6.60. The van der Waals surface area contributed by atoms with Crippen molar-refractivity contribution >= 4 is 5.69 Å². The van der Waals surface area contributed by atoms with Crippen molar-refractivity contribution in [1.82, 2.24) is 4.90 Å². The number of anilines is 1. The van der Waals surface area contributed by atoms with Crippen LogP contribution in [0.15, 0.2) is 12.1 Å². The van der Waals surface area contributed by atoms with Gasteiger partial charge in [0.15, 0.2) is 0 Å². The molecule has 0 aliphatic carbocycles. The standard InChI is InChI=1S/C18H30N2O/c1-13(2)16-10-15(12-20-6-8-21-9-7-20)11-17(14(3)4)18(16)19-5/h10-11,13-14,19H,6-9,12H2,1-5H3. The Balaban J connectivity index is 2.32. The fraction of sp³-hybridized carbons (Fsp3) is 0.667. The molecular formula is C18H30N2O. The van der Waals surface area contributed by atoms with Crippen LogP contribution in [0.2, 0.25) is 0 Å². The summed E-state index contributed by atoms with van der Waals surface area (Å²) in [4.78, 5) is 2.49. The Morgan fingerprint density at radius 2 is 1.57 bits per heavy atom. The van der Waals surface area contributed by atoms with Crippen LogP contribution in [0.5, 0.6) is 0 Å². The van der Waals surface area contributed by atoms with E-state index < -0.39 is 0 Å². The van der Waals surface area contributed by atoms with Gasteiger partial charge >= 0.3 is 0 Å². The van der Waals surface area contributed by atoms with Crippen LogP contribution in [-0.2, 0) is 11.3 Å². The van der Waals surface area contributed by atoms with Crippen molar-refractivity contribution in [1.29, 1.82) is 0 Å². The van der Waals surface area contributed by atoms with Crippen molar-refractivity contribution in [3.05, 3.63) is 28.8 Å². The predicted octanol–water partition coefficient (Wildman–Crippen LogP) is 3.81. The van der Waals surface area contributed by atoms with E-state index in [0.717, 1.165) is 32.8 Å². The van der Waals surface area contributed by atoms with Gasteiger partial charge in [0.2, 0.25) is 0 Å². The summed E-state index contributed by atoms with van der Waals surface area (Å²) in [5.74, 6) is 1.07. The molecule has 1 aliphatic rings. The largest absolute Gasteiger partial charge is 0.388 e. The molecule has 0 spiro atoms. The molecule has 1 aromatic rings. The molecule has 0 aromatic heterocycles. The number of nitrogens with one attached hydrogen (secondary N) is 1. The second kappa shape index (κ2) is 7.28. The molecule has 1 aromatic carbocycles. The molecule has 1 aliphatic heterocycles. The summed E-state index contributed by atoms with van der Waals surface area (Å²) in [5.41, 5.74) is 5.63. The lowest BCUT2D eigenvalue weighted by atomic mass is 9.90. The molecular weight excluding hydrogens is 260 g/mol. The van der Waals surface area contributed by atoms with Gasteiger partial charge in [0.25, 0.3) is 0 Å². The fourth-order valence-electron chi connectivity index (χ4n) is 3.06. The first-order valence-electron chi connectivity index (χ1n) is 8.17. The van der Waals surface area contributed by atoms with Gasteiger partial charge in [0, 0.05) is 32.4 Å². The average Bonchev–Trinajstić information content (AvgIpc) is 2.47. The first-order chi connectivity index (χ1) is 10.0. The van der Waals surface area contributed by atoms with Gasteiger partial charge in [-0.05, 0) is 28.5 Å². The number of benzene rings is 1. The predicted molar refractivity (Wildman–Crippen MR) is 90.3 cm³/mol. The third kappa shape index (κ3) is 3.98. The minimum Gasteiger partial charge on any atom is -0.388 e. The van der Waals surface area contributed by atoms with Gasteiger partial charge in [-0.25, -0.2) is 0 Å². The van der Waals surface area contributed by atoms with Crippen LogP contribution in [0.3, 0.4) is 0 Å². The third-order valence-electron chi connectivity index (χ3n) is 4.26. The molecule has 0 saturated carbocycles. The van der Waals surface area contributed by atoms with Crippen molar-refractivity contribution in [2.75, 3.05) is 38.7 Å². The van der Waals surface area contributed by atoms with Gasteiger partial charge in [-0.1, -0.05) is 39.8 Å². The number of rotatable bonds is 5. The second-order valence-electron chi connectivity index (χ2n) is 6.60. The molecule has 1 N–H and O–H groups in total. The lowest BCUT2D eigenvalue weighted by molar-refractivity contribution is 0.0342. The first kappa shape index (κ1) is 16.3. The van der Waals surface area contributed by atoms with Gasteiger partial charge in [-0.3, -0.25) is 4.90 Å². The topological polar surface area (TPSA) is 24.5 Å². The maximum absolute atomic E-state index is 5.45. The zero-order chi connectivity index (χ0) is 15.4. The number of hydrogen-bond acceptors (Lipinski definition) is 3. The summed E-state index contributed by atoms with van der Waals surface area (Å²) in [6.07, 6.45) is 0. The first-order valence-corrected chi connectivity index (χ1v) is 8.17. The number of hydrogen-bond donors (Lipinski definition) is 1. The van der Waals surface area contributed by atoms with Crippen LogP contribution in [-0.4, -0.2) is 38.3 Å². The lowest BCUT2D eigenvalue weighted by Gasteiger charge is -2.28. The highest BCUT2D eigenvalue weighted by Crippen LogP contribution is 2.34. The molecule has 3 heteroatoms. The van der Waals surface area contributed by atoms with Crippen molar-refractivity contribution in [3.63, 3.8) is 0 Å². The van der Waals surface area contributed by atoms with Crippen LogP contribution in [0.4, 0.5) is 5.69 Å². The van der Waals surface area contributed by atoms with Gasteiger partial charge in [-0.15, -0.1) is 0 Å². The zero-order valence-electron chi connectivity index (χ0n) is 14.2. The monoisotopic (exact) mass is 290 g/mol. The van der Waals surface area contributed by atoms with Crippen LogP contribution < -0.4 is 5.32 Å². The summed E-state index contributed by atoms with van der Waals surface area (Å²) in [6, 6.07) is 4.77. The molecule has 3 nitrogen and oxygen atoms in total. The van der Waals surface area contributed by atoms with E-state index in [-0.39, 0.29) is 0 Å². The van der Waals surface area contributed by atoms with Gasteiger partial charge in [0.05, 0.1) is 13.2 Å². The smallest absolute Gasteiger partial charge is 0.0594 e. The van der Waals surface area contributed by atoms with Crippen LogP contribution in [0, 0.1) is 0 Å². The van der Waals surface area contributed by atoms with E-state index in [0.29, 0.717) is 11.8 Å². The van der Waals surface area contributed by atoms with E-state index in [2.05, 4.69) is 50.0 Å². The molecule has 0 bridgehead atoms. The molecule has 0 atom stereocenters. The van der Waals surface area contributed by atoms with E-state index in [4.69, 9.17) is 4.74 Å². The average molecular weight is 290 g/mol. The highest BCUT2D eigenvalue weighted by molar-refractivity contribution is 5.61. The summed E-state index contributed by atoms with van der Waals surface area (Å²) in [7, 11) is 2.04. The van der Waals surface area contributed by atoms with Crippen LogP contribution in [0.1, 0.15) is 56.2 Å². The minimum absolute atomic E-state index is 0.537. The van der Waals surface area contributed by atoms with Crippen LogP contribution >= 0.6 is 0 Å². The van der Waals surface area contributed by atoms with Crippen molar-refractivity contribution in [3.8, 4) is 0 Å². The Hall–Kier alpha value is -1.06. The van der Waals surface area contributed by atoms with Crippen molar-refractivity contribution < 1.29 is 4.74 Å². The van der Waals surface area contributed by atoms with E-state index in [9.17, 15) is 0 Å². The van der Waals surface area contributed by atoms with E-state index >= 15 is 0 Å². The molecule has 2 rings (SSSR count). The van der Waals surface area contributed by atoms with Crippen molar-refractivity contribution in [2.24, 2.45) is 0 Å². The molecule has 0 amide bonds. The maximum Gasteiger partial charge on any atom is 0.0594 e. The van der Waals surface area contributed by atoms with Gasteiger partial charge in [0.1, 0.15) is 0 Å². The normalized spacial score (nSPS) is 16.7. The third-order valence-corrected chi connectivity index (χ3v) is 4.26. The molecule has 1 fully saturated rings. The molecule has 0 radical (unpaired) electrons.